The molecule has 1 aromatic heterocycles. The van der Waals surface area contributed by atoms with Crippen molar-refractivity contribution in [3.05, 3.63) is 58.8 Å². The van der Waals surface area contributed by atoms with Gasteiger partial charge in [-0.3, -0.25) is 0 Å². The number of pyridine rings is 1. The molecule has 0 radical (unpaired) electrons. The van der Waals surface area contributed by atoms with Crippen molar-refractivity contribution in [2.75, 3.05) is 13.2 Å². The number of halogens is 1. The lowest BCUT2D eigenvalue weighted by Gasteiger charge is -2.08. The van der Waals surface area contributed by atoms with Crippen molar-refractivity contribution in [3.8, 4) is 11.3 Å². The minimum atomic E-state index is -0.554. The summed E-state index contributed by atoms with van der Waals surface area (Å²) in [4.78, 5) is 28.1. The van der Waals surface area contributed by atoms with E-state index in [1.54, 1.807) is 38.1 Å². The van der Waals surface area contributed by atoms with E-state index in [4.69, 9.17) is 21.1 Å². The minimum Gasteiger partial charge on any atom is -0.463 e. The number of benzene rings is 1. The van der Waals surface area contributed by atoms with Crippen molar-refractivity contribution in [1.29, 1.82) is 0 Å². The van der Waals surface area contributed by atoms with Gasteiger partial charge in [-0.1, -0.05) is 29.8 Å². The van der Waals surface area contributed by atoms with Crippen molar-refractivity contribution in [1.82, 2.24) is 4.98 Å². The first kappa shape index (κ1) is 18.7. The summed E-state index contributed by atoms with van der Waals surface area (Å²) in [5.41, 5.74) is 2.03. The Hall–Kier alpha value is -2.66. The molecule has 0 aliphatic rings. The van der Waals surface area contributed by atoms with Gasteiger partial charge in [0.1, 0.15) is 0 Å². The number of rotatable bonds is 6. The van der Waals surface area contributed by atoms with Gasteiger partial charge in [-0.2, -0.15) is 0 Å². The molecule has 2 rings (SSSR count). The second-order valence-electron chi connectivity index (χ2n) is 4.95. The van der Waals surface area contributed by atoms with Gasteiger partial charge in [0.2, 0.25) is 0 Å². The Bertz CT molecular complexity index is 785. The Labute approximate surface area is 151 Å². The largest absolute Gasteiger partial charge is 0.463 e. The van der Waals surface area contributed by atoms with Gasteiger partial charge < -0.3 is 9.47 Å². The van der Waals surface area contributed by atoms with Gasteiger partial charge in [0.15, 0.2) is 5.69 Å². The fraction of sp³-hybridized carbons (Fsp3) is 0.211. The van der Waals surface area contributed by atoms with E-state index in [9.17, 15) is 9.59 Å². The Morgan fingerprint density at radius 1 is 1.04 bits per heavy atom. The molecule has 1 heterocycles. The molecule has 5 nitrogen and oxygen atoms in total. The number of ether oxygens (including phenoxy) is 2. The molecule has 130 valence electrons. The van der Waals surface area contributed by atoms with Gasteiger partial charge in [-0.25, -0.2) is 14.6 Å². The highest BCUT2D eigenvalue weighted by atomic mass is 35.5. The van der Waals surface area contributed by atoms with Crippen LogP contribution in [0.25, 0.3) is 17.3 Å². The minimum absolute atomic E-state index is 0.134. The van der Waals surface area contributed by atoms with Gasteiger partial charge in [-0.05, 0) is 38.1 Å². The molecule has 2 aromatic rings. The molecule has 0 unspecified atom stereocenters. The normalized spacial score (nSPS) is 10.7. The molecule has 0 saturated heterocycles. The molecule has 0 fully saturated rings. The lowest BCUT2D eigenvalue weighted by Crippen LogP contribution is -2.10. The van der Waals surface area contributed by atoms with Crippen LogP contribution in [0.2, 0.25) is 5.02 Å². The van der Waals surface area contributed by atoms with Crippen LogP contribution in [-0.4, -0.2) is 30.1 Å². The fourth-order valence-corrected chi connectivity index (χ4v) is 2.22. The Morgan fingerprint density at radius 3 is 2.36 bits per heavy atom. The predicted octanol–water partition coefficient (Wildman–Crippen LogP) is 4.16. The zero-order valence-corrected chi connectivity index (χ0v) is 14.7. The van der Waals surface area contributed by atoms with Gasteiger partial charge in [-0.15, -0.1) is 0 Å². The Balaban J connectivity index is 2.40. The molecule has 0 aliphatic heterocycles. The smallest absolute Gasteiger partial charge is 0.357 e. The topological polar surface area (TPSA) is 65.5 Å². The molecule has 0 amide bonds. The van der Waals surface area contributed by atoms with E-state index < -0.39 is 11.9 Å². The van der Waals surface area contributed by atoms with E-state index >= 15 is 0 Å². The molecule has 6 heteroatoms. The monoisotopic (exact) mass is 359 g/mol. The lowest BCUT2D eigenvalue weighted by molar-refractivity contribution is -0.137. The van der Waals surface area contributed by atoms with Gasteiger partial charge >= 0.3 is 11.9 Å². The van der Waals surface area contributed by atoms with Gasteiger partial charge in [0, 0.05) is 22.2 Å². The highest BCUT2D eigenvalue weighted by Gasteiger charge is 2.15. The molecule has 0 bridgehead atoms. The summed E-state index contributed by atoms with van der Waals surface area (Å²) in [6.45, 7) is 3.95. The first-order valence-electron chi connectivity index (χ1n) is 7.84. The second kappa shape index (κ2) is 8.99. The Kier molecular flexibility index (Phi) is 6.71. The third-order valence-electron chi connectivity index (χ3n) is 3.22. The van der Waals surface area contributed by atoms with Crippen LogP contribution in [0.3, 0.4) is 0 Å². The number of esters is 2. The van der Waals surface area contributed by atoms with Gasteiger partial charge in [0.25, 0.3) is 0 Å². The standard InChI is InChI=1S/C19H18ClNO4/c1-3-24-17(22)12-8-14-7-11-16(13-5-9-15(20)10-6-13)21-18(14)19(23)25-4-2/h5-12H,3-4H2,1-2H3/b12-8+. The number of hydrogen-bond acceptors (Lipinski definition) is 5. The van der Waals surface area contributed by atoms with Crippen molar-refractivity contribution in [2.24, 2.45) is 0 Å². The van der Waals surface area contributed by atoms with Crippen LogP contribution >= 0.6 is 11.6 Å². The molecular weight excluding hydrogens is 342 g/mol. The van der Waals surface area contributed by atoms with E-state index in [-0.39, 0.29) is 18.9 Å². The van der Waals surface area contributed by atoms with E-state index in [2.05, 4.69) is 4.98 Å². The summed E-state index contributed by atoms with van der Waals surface area (Å²) in [6, 6.07) is 10.6. The molecule has 0 atom stereocenters. The van der Waals surface area contributed by atoms with Crippen molar-refractivity contribution in [2.45, 2.75) is 13.8 Å². The summed E-state index contributed by atoms with van der Waals surface area (Å²) in [5, 5.41) is 0.614. The molecule has 0 N–H and O–H groups in total. The molecule has 0 aliphatic carbocycles. The van der Waals surface area contributed by atoms with Crippen LogP contribution in [0.4, 0.5) is 0 Å². The third-order valence-corrected chi connectivity index (χ3v) is 3.47. The first-order chi connectivity index (χ1) is 12.0. The number of carbonyl (C=O) groups is 2. The SMILES string of the molecule is CCOC(=O)/C=C/c1ccc(-c2ccc(Cl)cc2)nc1C(=O)OCC. The van der Waals surface area contributed by atoms with Crippen LogP contribution in [0, 0.1) is 0 Å². The summed E-state index contributed by atoms with van der Waals surface area (Å²) in [5.74, 6) is -1.04. The van der Waals surface area contributed by atoms with Crippen molar-refractivity contribution >= 4 is 29.6 Å². The number of carbonyl (C=O) groups excluding carboxylic acids is 2. The zero-order valence-electron chi connectivity index (χ0n) is 14.0. The number of nitrogens with zero attached hydrogens (tertiary/aromatic N) is 1. The van der Waals surface area contributed by atoms with Crippen LogP contribution in [-0.2, 0) is 14.3 Å². The molecule has 25 heavy (non-hydrogen) atoms. The van der Waals surface area contributed by atoms with Crippen LogP contribution < -0.4 is 0 Å². The fourth-order valence-electron chi connectivity index (χ4n) is 2.10. The van der Waals surface area contributed by atoms with Crippen molar-refractivity contribution in [3.63, 3.8) is 0 Å². The highest BCUT2D eigenvalue weighted by molar-refractivity contribution is 6.30. The Morgan fingerprint density at radius 2 is 1.72 bits per heavy atom. The molecule has 0 saturated carbocycles. The molecule has 1 aromatic carbocycles. The van der Waals surface area contributed by atoms with Crippen LogP contribution in [0.15, 0.2) is 42.5 Å². The average Bonchev–Trinajstić information content (AvgIpc) is 2.61. The number of hydrogen-bond donors (Lipinski definition) is 0. The summed E-state index contributed by atoms with van der Waals surface area (Å²) >= 11 is 5.90. The maximum Gasteiger partial charge on any atom is 0.357 e. The summed E-state index contributed by atoms with van der Waals surface area (Å²) in [7, 11) is 0. The summed E-state index contributed by atoms with van der Waals surface area (Å²) in [6.07, 6.45) is 2.74. The first-order valence-corrected chi connectivity index (χ1v) is 8.21. The van der Waals surface area contributed by atoms with E-state index in [0.29, 0.717) is 16.3 Å². The second-order valence-corrected chi connectivity index (χ2v) is 5.38. The summed E-state index contributed by atoms with van der Waals surface area (Å²) < 4.78 is 9.90. The molecule has 0 spiro atoms. The third kappa shape index (κ3) is 5.16. The maximum atomic E-state index is 12.2. The lowest BCUT2D eigenvalue weighted by atomic mass is 10.1. The van der Waals surface area contributed by atoms with Crippen LogP contribution in [0.1, 0.15) is 29.9 Å². The van der Waals surface area contributed by atoms with Gasteiger partial charge in [0.05, 0.1) is 18.9 Å². The quantitative estimate of drug-likeness (QED) is 0.572. The average molecular weight is 360 g/mol. The van der Waals surface area contributed by atoms with E-state index in [1.165, 1.54) is 12.2 Å². The number of aromatic nitrogens is 1. The van der Waals surface area contributed by atoms with E-state index in [1.807, 2.05) is 12.1 Å². The maximum absolute atomic E-state index is 12.2. The highest BCUT2D eigenvalue weighted by Crippen LogP contribution is 2.22. The molecular formula is C19H18ClNO4. The van der Waals surface area contributed by atoms with E-state index in [0.717, 1.165) is 5.56 Å². The van der Waals surface area contributed by atoms with Crippen LogP contribution in [0.5, 0.6) is 0 Å². The van der Waals surface area contributed by atoms with Crippen molar-refractivity contribution < 1.29 is 19.1 Å². The predicted molar refractivity (Wildman–Crippen MR) is 96.3 cm³/mol. The zero-order chi connectivity index (χ0) is 18.2.